The Labute approximate surface area is 178 Å². The number of nitrogens with one attached hydrogen (secondary N) is 1. The van der Waals surface area contributed by atoms with Gasteiger partial charge in [-0.15, -0.1) is 0 Å². The average molecular weight is 392 g/mol. The lowest BCUT2D eigenvalue weighted by atomic mass is 9.82. The molecule has 0 unspecified atom stereocenters. The van der Waals surface area contributed by atoms with E-state index in [4.69, 9.17) is 0 Å². The summed E-state index contributed by atoms with van der Waals surface area (Å²) in [5.41, 5.74) is 2.09. The Balaban J connectivity index is 1.86. The molecule has 0 amide bonds. The fraction of sp³-hybridized carbons (Fsp3) is 0.926. The minimum absolute atomic E-state index is 0.159. The summed E-state index contributed by atoms with van der Waals surface area (Å²) in [5, 5.41) is 3.74. The summed E-state index contributed by atoms with van der Waals surface area (Å²) < 4.78 is 0. The first-order chi connectivity index (χ1) is 13.3. The van der Waals surface area contributed by atoms with Crippen molar-refractivity contribution in [3.63, 3.8) is 0 Å². The summed E-state index contributed by atoms with van der Waals surface area (Å²) in [4.78, 5) is 0. The molecule has 1 aliphatic heterocycles. The van der Waals surface area contributed by atoms with Crippen molar-refractivity contribution in [2.75, 3.05) is 0 Å². The smallest absolute Gasteiger partial charge is 0.0314 e. The highest BCUT2D eigenvalue weighted by Crippen LogP contribution is 2.30. The molecule has 0 aromatic carbocycles. The van der Waals surface area contributed by atoms with Gasteiger partial charge in [-0.1, -0.05) is 115 Å². The van der Waals surface area contributed by atoms with E-state index in [-0.39, 0.29) is 11.1 Å². The second kappa shape index (κ2) is 14.6. The number of hydrogen-bond donors (Lipinski definition) is 1. The molecule has 1 N–H and O–H groups in total. The molecule has 166 valence electrons. The summed E-state index contributed by atoms with van der Waals surface area (Å²) in [5.74, 6) is 0. The quantitative estimate of drug-likeness (QED) is 0.192. The van der Waals surface area contributed by atoms with Gasteiger partial charge in [0.05, 0.1) is 0 Å². The Hall–Kier alpha value is -0.300. The summed E-state index contributed by atoms with van der Waals surface area (Å²) in [7, 11) is 0. The maximum Gasteiger partial charge on any atom is 0.0314 e. The Morgan fingerprint density at radius 2 is 1.04 bits per heavy atom. The number of hydrogen-bond acceptors (Lipinski definition) is 1. The highest BCUT2D eigenvalue weighted by atomic mass is 15.0. The van der Waals surface area contributed by atoms with Crippen molar-refractivity contribution in [3.8, 4) is 0 Å². The van der Waals surface area contributed by atoms with Crippen LogP contribution in [0, 0.1) is 0 Å². The molecule has 1 rings (SSSR count). The third kappa shape index (κ3) is 13.8. The summed E-state index contributed by atoms with van der Waals surface area (Å²) in [6, 6.07) is 0. The van der Waals surface area contributed by atoms with E-state index >= 15 is 0 Å². The molecule has 0 radical (unpaired) electrons. The molecule has 28 heavy (non-hydrogen) atoms. The Bertz CT molecular complexity index is 404. The van der Waals surface area contributed by atoms with Crippen molar-refractivity contribution in [3.05, 3.63) is 11.6 Å². The van der Waals surface area contributed by atoms with Crippen molar-refractivity contribution in [1.29, 1.82) is 0 Å². The van der Waals surface area contributed by atoms with Gasteiger partial charge in [-0.05, 0) is 47.0 Å². The van der Waals surface area contributed by atoms with E-state index in [9.17, 15) is 0 Å². The number of unbranched alkanes of at least 4 members (excludes halogenated alkanes) is 15. The zero-order valence-electron chi connectivity index (χ0n) is 20.3. The number of rotatable bonds is 17. The van der Waals surface area contributed by atoms with Crippen LogP contribution in [0.5, 0.6) is 0 Å². The first-order valence-corrected chi connectivity index (χ1v) is 12.8. The highest BCUT2D eigenvalue weighted by Gasteiger charge is 2.31. The molecule has 0 bridgehead atoms. The van der Waals surface area contributed by atoms with Crippen molar-refractivity contribution < 1.29 is 0 Å². The molecule has 1 heteroatoms. The molecule has 0 aliphatic carbocycles. The van der Waals surface area contributed by atoms with Crippen LogP contribution in [0.25, 0.3) is 0 Å². The van der Waals surface area contributed by atoms with Crippen molar-refractivity contribution in [1.82, 2.24) is 5.32 Å². The predicted octanol–water partition coefficient (Wildman–Crippen LogP) is 9.11. The van der Waals surface area contributed by atoms with Crippen molar-refractivity contribution in [2.45, 2.75) is 161 Å². The zero-order chi connectivity index (χ0) is 20.7. The molecule has 1 nitrogen and oxygen atoms in total. The lowest BCUT2D eigenvalue weighted by molar-refractivity contribution is 0.279. The molecule has 0 saturated carbocycles. The van der Waals surface area contributed by atoms with Gasteiger partial charge in [0.25, 0.3) is 0 Å². The largest absolute Gasteiger partial charge is 0.303 e. The van der Waals surface area contributed by atoms with Crippen LogP contribution in [0.3, 0.4) is 0 Å². The Morgan fingerprint density at radius 1 is 0.643 bits per heavy atom. The molecule has 0 spiro atoms. The monoisotopic (exact) mass is 391 g/mol. The second-order valence-corrected chi connectivity index (χ2v) is 10.8. The molecular weight excluding hydrogens is 338 g/mol. The first kappa shape index (κ1) is 25.7. The molecule has 0 saturated heterocycles. The van der Waals surface area contributed by atoms with Crippen LogP contribution < -0.4 is 5.32 Å². The van der Waals surface area contributed by atoms with E-state index in [0.29, 0.717) is 0 Å². The van der Waals surface area contributed by atoms with Crippen LogP contribution in [0.15, 0.2) is 11.6 Å². The fourth-order valence-electron chi connectivity index (χ4n) is 5.14. The maximum absolute atomic E-state index is 3.74. The van der Waals surface area contributed by atoms with Gasteiger partial charge >= 0.3 is 0 Å². The zero-order valence-corrected chi connectivity index (χ0v) is 20.3. The summed E-state index contributed by atoms with van der Waals surface area (Å²) in [6.45, 7) is 11.6. The van der Waals surface area contributed by atoms with Gasteiger partial charge in [0.2, 0.25) is 0 Å². The lowest BCUT2D eigenvalue weighted by Gasteiger charge is -2.41. The van der Waals surface area contributed by atoms with E-state index in [0.717, 1.165) is 0 Å². The SMILES string of the molecule is CCCCCCCCCCCCCCCCCCC1=CC(C)(C)NC(C)(C)C1. The maximum atomic E-state index is 3.74. The van der Waals surface area contributed by atoms with E-state index in [1.54, 1.807) is 5.57 Å². The van der Waals surface area contributed by atoms with Crippen LogP contribution in [0.4, 0.5) is 0 Å². The van der Waals surface area contributed by atoms with E-state index in [2.05, 4.69) is 46.0 Å². The average Bonchev–Trinajstić information content (AvgIpc) is 2.58. The minimum Gasteiger partial charge on any atom is -0.303 e. The van der Waals surface area contributed by atoms with Crippen LogP contribution in [0.2, 0.25) is 0 Å². The van der Waals surface area contributed by atoms with Crippen LogP contribution in [0.1, 0.15) is 150 Å². The van der Waals surface area contributed by atoms with E-state index in [1.165, 1.54) is 116 Å². The minimum atomic E-state index is 0.159. The van der Waals surface area contributed by atoms with Gasteiger partial charge in [-0.3, -0.25) is 0 Å². The van der Waals surface area contributed by atoms with Crippen molar-refractivity contribution in [2.24, 2.45) is 0 Å². The normalized spacial score (nSPS) is 18.2. The predicted molar refractivity (Wildman–Crippen MR) is 128 cm³/mol. The fourth-order valence-corrected chi connectivity index (χ4v) is 5.14. The van der Waals surface area contributed by atoms with Crippen LogP contribution >= 0.6 is 0 Å². The topological polar surface area (TPSA) is 12.0 Å². The molecule has 0 aromatic heterocycles. The van der Waals surface area contributed by atoms with Gasteiger partial charge < -0.3 is 5.32 Å². The van der Waals surface area contributed by atoms with E-state index < -0.39 is 0 Å². The molecule has 0 fully saturated rings. The Kier molecular flexibility index (Phi) is 13.5. The molecule has 1 heterocycles. The van der Waals surface area contributed by atoms with Gasteiger partial charge in [0.15, 0.2) is 0 Å². The van der Waals surface area contributed by atoms with Crippen LogP contribution in [-0.2, 0) is 0 Å². The van der Waals surface area contributed by atoms with Crippen molar-refractivity contribution >= 4 is 0 Å². The lowest BCUT2D eigenvalue weighted by Crippen LogP contribution is -2.54. The van der Waals surface area contributed by atoms with Gasteiger partial charge in [-0.25, -0.2) is 0 Å². The van der Waals surface area contributed by atoms with E-state index in [1.807, 2.05) is 0 Å². The highest BCUT2D eigenvalue weighted by molar-refractivity contribution is 5.20. The third-order valence-electron chi connectivity index (χ3n) is 6.25. The first-order valence-electron chi connectivity index (χ1n) is 12.8. The standard InChI is InChI=1S/C27H53N/c1-6-7-8-9-10-11-12-13-14-15-16-17-18-19-20-21-22-25-23-26(2,3)28-27(4,5)24-25/h23,28H,6-22,24H2,1-5H3. The second-order valence-electron chi connectivity index (χ2n) is 10.8. The summed E-state index contributed by atoms with van der Waals surface area (Å²) >= 11 is 0. The Morgan fingerprint density at radius 3 is 1.43 bits per heavy atom. The van der Waals surface area contributed by atoms with Gasteiger partial charge in [0, 0.05) is 11.1 Å². The van der Waals surface area contributed by atoms with Gasteiger partial charge in [-0.2, -0.15) is 0 Å². The third-order valence-corrected chi connectivity index (χ3v) is 6.25. The van der Waals surface area contributed by atoms with Gasteiger partial charge in [0.1, 0.15) is 0 Å². The molecular formula is C27H53N. The molecule has 1 aliphatic rings. The molecule has 0 aromatic rings. The summed E-state index contributed by atoms with van der Waals surface area (Å²) in [6.07, 6.45) is 28.2. The van der Waals surface area contributed by atoms with Crippen LogP contribution in [-0.4, -0.2) is 11.1 Å². The molecule has 0 atom stereocenters.